The molecule has 0 unspecified atom stereocenters. The molecule has 3 heteroatoms. The molecule has 0 aliphatic carbocycles. The normalized spacial score (nSPS) is 14.4. The van der Waals surface area contributed by atoms with Crippen molar-refractivity contribution in [2.24, 2.45) is 5.41 Å². The van der Waals surface area contributed by atoms with E-state index in [4.69, 9.17) is 9.84 Å². The first-order chi connectivity index (χ1) is 7.50. The number of carbonyl (C=O) groups is 1. The van der Waals surface area contributed by atoms with Crippen LogP contribution in [0.4, 0.5) is 0 Å². The Morgan fingerprint density at radius 3 is 2.94 bits per heavy atom. The maximum Gasteiger partial charge on any atom is 0.309 e. The number of rotatable bonds is 3. The van der Waals surface area contributed by atoms with Gasteiger partial charge in [-0.25, -0.2) is 0 Å². The minimum Gasteiger partial charge on any atom is -0.493 e. The van der Waals surface area contributed by atoms with E-state index in [1.807, 2.05) is 18.2 Å². The highest BCUT2D eigenvalue weighted by atomic mass is 16.5. The fraction of sp³-hybridized carbons (Fsp3) is 0.462. The number of fused-ring (bicyclic) bond motifs is 1. The van der Waals surface area contributed by atoms with Crippen molar-refractivity contribution in [2.45, 2.75) is 26.7 Å². The lowest BCUT2D eigenvalue weighted by atomic mass is 9.84. The second kappa shape index (κ2) is 3.81. The molecule has 0 saturated carbocycles. The van der Waals surface area contributed by atoms with Crippen molar-refractivity contribution in [3.8, 4) is 5.75 Å². The van der Waals surface area contributed by atoms with Crippen LogP contribution < -0.4 is 4.74 Å². The Morgan fingerprint density at radius 2 is 2.25 bits per heavy atom. The summed E-state index contributed by atoms with van der Waals surface area (Å²) in [5.74, 6) is 0.155. The van der Waals surface area contributed by atoms with Gasteiger partial charge in [0.25, 0.3) is 0 Å². The lowest BCUT2D eigenvalue weighted by molar-refractivity contribution is -0.146. The van der Waals surface area contributed by atoms with E-state index >= 15 is 0 Å². The second-order valence-corrected chi connectivity index (χ2v) is 4.86. The van der Waals surface area contributed by atoms with Gasteiger partial charge in [-0.1, -0.05) is 12.1 Å². The van der Waals surface area contributed by atoms with Crippen molar-refractivity contribution in [3.63, 3.8) is 0 Å². The van der Waals surface area contributed by atoms with Crippen molar-refractivity contribution in [1.29, 1.82) is 0 Å². The first-order valence-corrected chi connectivity index (χ1v) is 5.48. The molecule has 1 N–H and O–H groups in total. The predicted molar refractivity (Wildman–Crippen MR) is 60.8 cm³/mol. The van der Waals surface area contributed by atoms with Crippen LogP contribution in [0.2, 0.25) is 0 Å². The highest BCUT2D eigenvalue weighted by Gasteiger charge is 2.29. The Balaban J connectivity index is 2.29. The summed E-state index contributed by atoms with van der Waals surface area (Å²) >= 11 is 0. The average Bonchev–Trinajstić information content (AvgIpc) is 2.65. The molecule has 0 atom stereocenters. The number of hydrogen-bond donors (Lipinski definition) is 1. The van der Waals surface area contributed by atoms with E-state index in [9.17, 15) is 4.79 Å². The highest BCUT2D eigenvalue weighted by molar-refractivity contribution is 5.74. The molecule has 1 aromatic rings. The van der Waals surface area contributed by atoms with E-state index in [1.54, 1.807) is 13.8 Å². The van der Waals surface area contributed by atoms with Crippen LogP contribution in [0.1, 0.15) is 25.0 Å². The minimum atomic E-state index is -0.760. The van der Waals surface area contributed by atoms with E-state index in [-0.39, 0.29) is 0 Å². The third-order valence-electron chi connectivity index (χ3n) is 3.05. The maximum absolute atomic E-state index is 11.1. The highest BCUT2D eigenvalue weighted by Crippen LogP contribution is 2.32. The van der Waals surface area contributed by atoms with Crippen LogP contribution in [0.3, 0.4) is 0 Å². The second-order valence-electron chi connectivity index (χ2n) is 4.86. The molecule has 0 saturated heterocycles. The number of benzene rings is 1. The molecule has 0 aromatic heterocycles. The molecular formula is C13H16O3. The van der Waals surface area contributed by atoms with Gasteiger partial charge in [-0.2, -0.15) is 0 Å². The Kier molecular flexibility index (Phi) is 2.62. The Hall–Kier alpha value is -1.51. The van der Waals surface area contributed by atoms with Crippen LogP contribution in [0, 0.1) is 5.41 Å². The fourth-order valence-electron chi connectivity index (χ4n) is 2.01. The standard InChI is InChI=1S/C13H16O3/c1-13(2,12(14)15)8-9-4-3-5-11-10(9)6-7-16-11/h3-5H,6-8H2,1-2H3,(H,14,15). The van der Waals surface area contributed by atoms with Gasteiger partial charge >= 0.3 is 5.97 Å². The lowest BCUT2D eigenvalue weighted by Crippen LogP contribution is -2.26. The number of carboxylic acid groups (broad SMARTS) is 1. The number of aliphatic carboxylic acids is 1. The quantitative estimate of drug-likeness (QED) is 0.850. The van der Waals surface area contributed by atoms with Crippen molar-refractivity contribution in [2.75, 3.05) is 6.61 Å². The van der Waals surface area contributed by atoms with Gasteiger partial charge in [0, 0.05) is 12.0 Å². The van der Waals surface area contributed by atoms with Gasteiger partial charge in [-0.3, -0.25) is 4.79 Å². The fourth-order valence-corrected chi connectivity index (χ4v) is 2.01. The van der Waals surface area contributed by atoms with Gasteiger partial charge in [-0.15, -0.1) is 0 Å². The summed E-state index contributed by atoms with van der Waals surface area (Å²) in [6.07, 6.45) is 1.44. The molecule has 1 aliphatic heterocycles. The van der Waals surface area contributed by atoms with Crippen LogP contribution in [0.15, 0.2) is 18.2 Å². The zero-order valence-electron chi connectivity index (χ0n) is 9.62. The van der Waals surface area contributed by atoms with Crippen LogP contribution in [0.5, 0.6) is 5.75 Å². The molecule has 1 aromatic carbocycles. The summed E-state index contributed by atoms with van der Waals surface area (Å²) in [7, 11) is 0. The summed E-state index contributed by atoms with van der Waals surface area (Å²) in [4.78, 5) is 11.1. The van der Waals surface area contributed by atoms with Gasteiger partial charge in [0.1, 0.15) is 5.75 Å². The number of ether oxygens (including phenoxy) is 1. The molecule has 1 heterocycles. The van der Waals surface area contributed by atoms with Crippen LogP contribution >= 0.6 is 0 Å². The molecule has 0 bridgehead atoms. The van der Waals surface area contributed by atoms with E-state index in [0.29, 0.717) is 13.0 Å². The van der Waals surface area contributed by atoms with Gasteiger partial charge in [0.2, 0.25) is 0 Å². The zero-order valence-corrected chi connectivity index (χ0v) is 9.62. The third kappa shape index (κ3) is 1.90. The summed E-state index contributed by atoms with van der Waals surface area (Å²) < 4.78 is 5.47. The van der Waals surface area contributed by atoms with Crippen LogP contribution in [-0.4, -0.2) is 17.7 Å². The topological polar surface area (TPSA) is 46.5 Å². The largest absolute Gasteiger partial charge is 0.493 e. The van der Waals surface area contributed by atoms with E-state index in [1.165, 1.54) is 5.56 Å². The monoisotopic (exact) mass is 220 g/mol. The summed E-state index contributed by atoms with van der Waals surface area (Å²) in [5, 5.41) is 9.12. The van der Waals surface area contributed by atoms with Crippen molar-refractivity contribution < 1.29 is 14.6 Å². The first kappa shape index (κ1) is 11.0. The summed E-state index contributed by atoms with van der Waals surface area (Å²) in [5.41, 5.74) is 1.55. The maximum atomic E-state index is 11.1. The number of carboxylic acids is 1. The minimum absolute atomic E-state index is 0.550. The number of hydrogen-bond acceptors (Lipinski definition) is 2. The molecule has 16 heavy (non-hydrogen) atoms. The molecule has 0 spiro atoms. The van der Waals surface area contributed by atoms with Crippen molar-refractivity contribution in [3.05, 3.63) is 29.3 Å². The van der Waals surface area contributed by atoms with Gasteiger partial charge in [-0.05, 0) is 31.9 Å². The zero-order chi connectivity index (χ0) is 11.8. The third-order valence-corrected chi connectivity index (χ3v) is 3.05. The van der Waals surface area contributed by atoms with E-state index in [0.717, 1.165) is 17.7 Å². The lowest BCUT2D eigenvalue weighted by Gasteiger charge is -2.20. The molecule has 1 aliphatic rings. The Bertz CT molecular complexity index is 421. The van der Waals surface area contributed by atoms with Gasteiger partial charge < -0.3 is 9.84 Å². The Morgan fingerprint density at radius 1 is 1.50 bits per heavy atom. The molecule has 0 radical (unpaired) electrons. The Labute approximate surface area is 95.0 Å². The van der Waals surface area contributed by atoms with Gasteiger partial charge in [0.15, 0.2) is 0 Å². The molecule has 0 amide bonds. The van der Waals surface area contributed by atoms with E-state index in [2.05, 4.69) is 0 Å². The SMILES string of the molecule is CC(C)(Cc1cccc2c1CCO2)C(=O)O. The smallest absolute Gasteiger partial charge is 0.309 e. The van der Waals surface area contributed by atoms with Crippen molar-refractivity contribution >= 4 is 5.97 Å². The molecular weight excluding hydrogens is 204 g/mol. The average molecular weight is 220 g/mol. The summed E-state index contributed by atoms with van der Waals surface area (Å²) in [6, 6.07) is 5.87. The first-order valence-electron chi connectivity index (χ1n) is 5.48. The molecule has 0 fully saturated rings. The van der Waals surface area contributed by atoms with Crippen LogP contribution in [0.25, 0.3) is 0 Å². The molecule has 3 nitrogen and oxygen atoms in total. The van der Waals surface area contributed by atoms with Crippen LogP contribution in [-0.2, 0) is 17.6 Å². The molecule has 86 valence electrons. The van der Waals surface area contributed by atoms with Crippen molar-refractivity contribution in [1.82, 2.24) is 0 Å². The van der Waals surface area contributed by atoms with E-state index < -0.39 is 11.4 Å². The summed E-state index contributed by atoms with van der Waals surface area (Å²) in [6.45, 7) is 4.22. The predicted octanol–water partition coefficient (Wildman–Crippen LogP) is 2.27. The van der Waals surface area contributed by atoms with Gasteiger partial charge in [0.05, 0.1) is 12.0 Å². The molecule has 2 rings (SSSR count).